The van der Waals surface area contributed by atoms with Gasteiger partial charge < -0.3 is 20.1 Å². The largest absolute Gasteiger partial charge is 0.480 e. The molecule has 120 valence electrons. The van der Waals surface area contributed by atoms with Crippen LogP contribution in [-0.2, 0) is 9.53 Å². The summed E-state index contributed by atoms with van der Waals surface area (Å²) < 4.78 is 5.10. The van der Waals surface area contributed by atoms with E-state index in [1.54, 1.807) is 7.11 Å². The Balaban J connectivity index is 1.86. The number of carboxylic acid groups (broad SMARTS) is 1. The highest BCUT2D eigenvalue weighted by molar-refractivity contribution is 5.83. The van der Waals surface area contributed by atoms with Gasteiger partial charge in [-0.25, -0.2) is 9.59 Å². The quantitative estimate of drug-likeness (QED) is 0.782. The maximum atomic E-state index is 12.3. The number of ether oxygens (including phenoxy) is 1. The molecule has 2 rings (SSSR count). The van der Waals surface area contributed by atoms with Crippen LogP contribution in [0.1, 0.15) is 39.0 Å². The molecule has 2 amide bonds. The third-order valence-corrected chi connectivity index (χ3v) is 4.82. The molecule has 0 aromatic rings. The number of hydrogen-bond donors (Lipinski definition) is 2. The molecule has 0 spiro atoms. The molecule has 1 saturated heterocycles. The van der Waals surface area contributed by atoms with E-state index in [4.69, 9.17) is 4.74 Å². The van der Waals surface area contributed by atoms with E-state index < -0.39 is 12.0 Å². The molecule has 2 fully saturated rings. The first-order valence-corrected chi connectivity index (χ1v) is 7.74. The van der Waals surface area contributed by atoms with Crippen LogP contribution in [0.25, 0.3) is 0 Å². The first-order chi connectivity index (χ1) is 9.97. The molecule has 1 aliphatic carbocycles. The topological polar surface area (TPSA) is 78.9 Å². The summed E-state index contributed by atoms with van der Waals surface area (Å²) >= 11 is 0. The van der Waals surface area contributed by atoms with Crippen LogP contribution < -0.4 is 5.32 Å². The third kappa shape index (κ3) is 4.09. The van der Waals surface area contributed by atoms with Gasteiger partial charge in [-0.15, -0.1) is 0 Å². The zero-order chi connectivity index (χ0) is 15.5. The van der Waals surface area contributed by atoms with Crippen molar-refractivity contribution in [2.45, 2.75) is 45.1 Å². The van der Waals surface area contributed by atoms with Gasteiger partial charge in [0.15, 0.2) is 0 Å². The fourth-order valence-corrected chi connectivity index (χ4v) is 2.99. The second-order valence-electron chi connectivity index (χ2n) is 6.58. The third-order valence-electron chi connectivity index (χ3n) is 4.82. The second-order valence-corrected chi connectivity index (χ2v) is 6.58. The summed E-state index contributed by atoms with van der Waals surface area (Å²) in [5.41, 5.74) is 0.174. The number of aliphatic carboxylic acids is 1. The first kappa shape index (κ1) is 16.1. The van der Waals surface area contributed by atoms with Crippen molar-refractivity contribution < 1.29 is 19.4 Å². The molecule has 1 aliphatic heterocycles. The summed E-state index contributed by atoms with van der Waals surface area (Å²) in [5.74, 6) is -0.552. The van der Waals surface area contributed by atoms with E-state index in [0.29, 0.717) is 32.0 Å². The van der Waals surface area contributed by atoms with E-state index in [1.165, 1.54) is 4.90 Å². The molecule has 0 bridgehead atoms. The molecule has 2 N–H and O–H groups in total. The van der Waals surface area contributed by atoms with Gasteiger partial charge in [-0.1, -0.05) is 6.92 Å². The van der Waals surface area contributed by atoms with Gasteiger partial charge in [-0.05, 0) is 43.4 Å². The highest BCUT2D eigenvalue weighted by Crippen LogP contribution is 2.48. The van der Waals surface area contributed by atoms with E-state index in [-0.39, 0.29) is 11.4 Å². The Hall–Kier alpha value is -1.30. The van der Waals surface area contributed by atoms with E-state index in [0.717, 1.165) is 25.7 Å². The Kier molecular flexibility index (Phi) is 5.08. The number of carbonyl (C=O) groups is 2. The average molecular weight is 298 g/mol. The van der Waals surface area contributed by atoms with Crippen molar-refractivity contribution in [2.75, 3.05) is 26.8 Å². The van der Waals surface area contributed by atoms with Crippen molar-refractivity contribution in [3.05, 3.63) is 0 Å². The van der Waals surface area contributed by atoms with Gasteiger partial charge in [0.1, 0.15) is 6.04 Å². The number of carbonyl (C=O) groups excluding carboxylic acids is 1. The predicted octanol–water partition coefficient (Wildman–Crippen LogP) is 1.70. The summed E-state index contributed by atoms with van der Waals surface area (Å²) in [5, 5.41) is 12.2. The van der Waals surface area contributed by atoms with Crippen LogP contribution in [0, 0.1) is 11.3 Å². The Labute approximate surface area is 125 Å². The van der Waals surface area contributed by atoms with Crippen molar-refractivity contribution in [1.29, 1.82) is 0 Å². The van der Waals surface area contributed by atoms with Crippen LogP contribution in [0.5, 0.6) is 0 Å². The smallest absolute Gasteiger partial charge is 0.326 e. The number of methoxy groups -OCH3 is 1. The molecule has 1 heterocycles. The number of nitrogens with one attached hydrogen (secondary N) is 1. The zero-order valence-electron chi connectivity index (χ0n) is 12.9. The van der Waals surface area contributed by atoms with Crippen LogP contribution in [0.15, 0.2) is 0 Å². The van der Waals surface area contributed by atoms with E-state index in [1.807, 2.05) is 6.92 Å². The minimum atomic E-state index is -0.905. The number of rotatable bonds is 6. The van der Waals surface area contributed by atoms with Crippen molar-refractivity contribution in [3.63, 3.8) is 0 Å². The standard InChI is InChI=1S/C15H26N2O4/c1-11-3-7-17(12(9-11)13(18)19)14(20)16-10-15(4-5-15)6-8-21-2/h11-12H,3-10H2,1-2H3,(H,16,20)(H,18,19). The normalized spacial score (nSPS) is 27.2. The Morgan fingerprint density at radius 1 is 1.43 bits per heavy atom. The van der Waals surface area contributed by atoms with Gasteiger partial charge in [0.05, 0.1) is 0 Å². The highest BCUT2D eigenvalue weighted by atomic mass is 16.5. The molecule has 6 nitrogen and oxygen atoms in total. The fourth-order valence-electron chi connectivity index (χ4n) is 2.99. The van der Waals surface area contributed by atoms with Crippen molar-refractivity contribution in [1.82, 2.24) is 10.2 Å². The maximum Gasteiger partial charge on any atom is 0.326 e. The summed E-state index contributed by atoms with van der Waals surface area (Å²) in [6.45, 7) is 3.88. The summed E-state index contributed by atoms with van der Waals surface area (Å²) in [7, 11) is 1.68. The van der Waals surface area contributed by atoms with Crippen LogP contribution in [0.4, 0.5) is 4.79 Å². The summed E-state index contributed by atoms with van der Waals surface area (Å²) in [6.07, 6.45) is 4.57. The monoisotopic (exact) mass is 298 g/mol. The lowest BCUT2D eigenvalue weighted by Crippen LogP contribution is -2.54. The minimum Gasteiger partial charge on any atom is -0.480 e. The van der Waals surface area contributed by atoms with Gasteiger partial charge in [-0.3, -0.25) is 0 Å². The molecule has 1 saturated carbocycles. The lowest BCUT2D eigenvalue weighted by Gasteiger charge is -2.36. The van der Waals surface area contributed by atoms with Crippen LogP contribution in [0.3, 0.4) is 0 Å². The lowest BCUT2D eigenvalue weighted by molar-refractivity contribution is -0.143. The molecule has 21 heavy (non-hydrogen) atoms. The van der Waals surface area contributed by atoms with Crippen molar-refractivity contribution in [3.8, 4) is 0 Å². The number of nitrogens with zero attached hydrogens (tertiary/aromatic N) is 1. The van der Waals surface area contributed by atoms with Gasteiger partial charge in [-0.2, -0.15) is 0 Å². The number of likely N-dealkylation sites (tertiary alicyclic amines) is 1. The van der Waals surface area contributed by atoms with Crippen LogP contribution in [-0.4, -0.2) is 54.9 Å². The average Bonchev–Trinajstić information content (AvgIpc) is 3.23. The Morgan fingerprint density at radius 3 is 2.71 bits per heavy atom. The SMILES string of the molecule is COCCC1(CNC(=O)N2CCC(C)CC2C(=O)O)CC1. The van der Waals surface area contributed by atoms with E-state index >= 15 is 0 Å². The molecule has 2 aliphatic rings. The molecule has 0 aromatic heterocycles. The van der Waals surface area contributed by atoms with Gasteiger partial charge in [0, 0.05) is 26.8 Å². The highest BCUT2D eigenvalue weighted by Gasteiger charge is 2.43. The summed E-state index contributed by atoms with van der Waals surface area (Å²) in [4.78, 5) is 25.1. The van der Waals surface area contributed by atoms with E-state index in [2.05, 4.69) is 5.32 Å². The minimum absolute atomic E-state index is 0.174. The first-order valence-electron chi connectivity index (χ1n) is 7.74. The molecule has 2 atom stereocenters. The fraction of sp³-hybridized carbons (Fsp3) is 0.867. The Bertz CT molecular complexity index is 395. The van der Waals surface area contributed by atoms with Gasteiger partial charge >= 0.3 is 12.0 Å². The lowest BCUT2D eigenvalue weighted by atomic mass is 9.93. The number of carboxylic acids is 1. The molecule has 0 radical (unpaired) electrons. The second kappa shape index (κ2) is 6.64. The summed E-state index contributed by atoms with van der Waals surface area (Å²) in [6, 6.07) is -0.930. The number of amides is 2. The number of hydrogen-bond acceptors (Lipinski definition) is 3. The van der Waals surface area contributed by atoms with Crippen molar-refractivity contribution in [2.24, 2.45) is 11.3 Å². The molecule has 6 heteroatoms. The predicted molar refractivity (Wildman–Crippen MR) is 78.1 cm³/mol. The molecular weight excluding hydrogens is 272 g/mol. The van der Waals surface area contributed by atoms with Crippen molar-refractivity contribution >= 4 is 12.0 Å². The number of piperidine rings is 1. The van der Waals surface area contributed by atoms with Gasteiger partial charge in [0.2, 0.25) is 0 Å². The van der Waals surface area contributed by atoms with E-state index in [9.17, 15) is 14.7 Å². The maximum absolute atomic E-state index is 12.3. The molecule has 2 unspecified atom stereocenters. The van der Waals surface area contributed by atoms with Gasteiger partial charge in [0.25, 0.3) is 0 Å². The Morgan fingerprint density at radius 2 is 2.14 bits per heavy atom. The molecule has 0 aromatic carbocycles. The number of urea groups is 1. The van der Waals surface area contributed by atoms with Crippen LogP contribution in [0.2, 0.25) is 0 Å². The van der Waals surface area contributed by atoms with Crippen LogP contribution >= 0.6 is 0 Å². The zero-order valence-corrected chi connectivity index (χ0v) is 12.9. The molecular formula is C15H26N2O4.